The summed E-state index contributed by atoms with van der Waals surface area (Å²) in [6.07, 6.45) is -0.111. The van der Waals surface area contributed by atoms with Crippen LogP contribution in [0.1, 0.15) is 5.69 Å². The van der Waals surface area contributed by atoms with E-state index in [1.165, 1.54) is 0 Å². The summed E-state index contributed by atoms with van der Waals surface area (Å²) < 4.78 is 0. The number of aromatic nitrogens is 1. The lowest BCUT2D eigenvalue weighted by Crippen LogP contribution is -2.04. The Morgan fingerprint density at radius 2 is 1.86 bits per heavy atom. The molecule has 0 aliphatic carbocycles. The Kier molecular flexibility index (Phi) is 3.94. The van der Waals surface area contributed by atoms with Crippen LogP contribution in [0.15, 0.2) is 54.6 Å². The van der Waals surface area contributed by atoms with Crippen molar-refractivity contribution in [3.05, 3.63) is 65.3 Å². The Morgan fingerprint density at radius 1 is 1.14 bits per heavy atom. The third kappa shape index (κ3) is 3.18. The molecule has 3 rings (SSSR count). The smallest absolute Gasteiger partial charge is 0.309 e. The number of nitrogens with one attached hydrogen (secondary N) is 1. The van der Waals surface area contributed by atoms with Gasteiger partial charge in [0.25, 0.3) is 0 Å². The van der Waals surface area contributed by atoms with Crippen LogP contribution in [0.2, 0.25) is 5.02 Å². The molecule has 1 heterocycles. The normalized spacial score (nSPS) is 10.6. The fourth-order valence-corrected chi connectivity index (χ4v) is 2.39. The SMILES string of the molecule is O=C(O)Cc1cc(Nc2ccc(Cl)cc2)c2ccccc2n1. The summed E-state index contributed by atoms with van der Waals surface area (Å²) in [4.78, 5) is 15.3. The van der Waals surface area contributed by atoms with Crippen molar-refractivity contribution >= 4 is 39.8 Å². The van der Waals surface area contributed by atoms with E-state index in [0.29, 0.717) is 10.7 Å². The molecule has 0 saturated heterocycles. The first-order valence-electron chi connectivity index (χ1n) is 6.75. The molecule has 22 heavy (non-hydrogen) atoms. The summed E-state index contributed by atoms with van der Waals surface area (Å²) in [6.45, 7) is 0. The number of para-hydroxylation sites is 1. The van der Waals surface area contributed by atoms with Crippen molar-refractivity contribution in [1.82, 2.24) is 4.98 Å². The van der Waals surface area contributed by atoms with Crippen molar-refractivity contribution in [3.8, 4) is 0 Å². The first-order valence-corrected chi connectivity index (χ1v) is 7.13. The number of fused-ring (bicyclic) bond motifs is 1. The zero-order valence-corrected chi connectivity index (χ0v) is 12.3. The molecule has 2 aromatic carbocycles. The third-order valence-corrected chi connectivity index (χ3v) is 3.48. The van der Waals surface area contributed by atoms with Gasteiger partial charge in [-0.1, -0.05) is 29.8 Å². The number of halogens is 1. The van der Waals surface area contributed by atoms with Gasteiger partial charge in [-0.05, 0) is 36.4 Å². The highest BCUT2D eigenvalue weighted by Crippen LogP contribution is 2.27. The molecule has 0 aliphatic rings. The fraction of sp³-hybridized carbons (Fsp3) is 0.0588. The minimum absolute atomic E-state index is 0.111. The average molecular weight is 313 g/mol. The summed E-state index contributed by atoms with van der Waals surface area (Å²) in [6, 6.07) is 16.7. The molecule has 2 N–H and O–H groups in total. The van der Waals surface area contributed by atoms with Gasteiger partial charge in [0, 0.05) is 21.8 Å². The van der Waals surface area contributed by atoms with E-state index < -0.39 is 5.97 Å². The lowest BCUT2D eigenvalue weighted by Gasteiger charge is -2.11. The molecule has 110 valence electrons. The number of carboxylic acid groups (broad SMARTS) is 1. The standard InChI is InChI=1S/C17H13ClN2O2/c18-11-5-7-12(8-6-11)19-16-9-13(10-17(21)22)20-15-4-2-1-3-14(15)16/h1-9H,10H2,(H,19,20)(H,21,22). The highest BCUT2D eigenvalue weighted by molar-refractivity contribution is 6.30. The van der Waals surface area contributed by atoms with E-state index in [0.717, 1.165) is 22.3 Å². The van der Waals surface area contributed by atoms with Gasteiger partial charge in [-0.25, -0.2) is 0 Å². The summed E-state index contributed by atoms with van der Waals surface area (Å²) in [5.74, 6) is -0.903. The fourth-order valence-electron chi connectivity index (χ4n) is 2.27. The van der Waals surface area contributed by atoms with E-state index in [1.807, 2.05) is 36.4 Å². The van der Waals surface area contributed by atoms with Crippen LogP contribution in [0.5, 0.6) is 0 Å². The van der Waals surface area contributed by atoms with E-state index in [1.54, 1.807) is 18.2 Å². The summed E-state index contributed by atoms with van der Waals surface area (Å²) in [5, 5.41) is 13.9. The maximum absolute atomic E-state index is 10.9. The minimum atomic E-state index is -0.903. The Hall–Kier alpha value is -2.59. The summed E-state index contributed by atoms with van der Waals surface area (Å²) in [5.41, 5.74) is 2.98. The van der Waals surface area contributed by atoms with Crippen LogP contribution >= 0.6 is 11.6 Å². The maximum atomic E-state index is 10.9. The number of nitrogens with zero attached hydrogens (tertiary/aromatic N) is 1. The number of aliphatic carboxylic acids is 1. The van der Waals surface area contributed by atoms with Crippen LogP contribution in [-0.4, -0.2) is 16.1 Å². The number of carbonyl (C=O) groups is 1. The summed E-state index contributed by atoms with van der Waals surface area (Å²) in [7, 11) is 0. The van der Waals surface area contributed by atoms with Gasteiger partial charge in [0.15, 0.2) is 0 Å². The molecule has 0 aliphatic heterocycles. The molecular weight excluding hydrogens is 300 g/mol. The number of hydrogen-bond donors (Lipinski definition) is 2. The molecule has 3 aromatic rings. The second-order valence-electron chi connectivity index (χ2n) is 4.88. The second kappa shape index (κ2) is 6.03. The van der Waals surface area contributed by atoms with E-state index in [2.05, 4.69) is 10.3 Å². The molecule has 0 saturated carbocycles. The number of benzene rings is 2. The van der Waals surface area contributed by atoms with Gasteiger partial charge >= 0.3 is 5.97 Å². The zero-order chi connectivity index (χ0) is 15.5. The van der Waals surface area contributed by atoms with Crippen LogP contribution in [0.4, 0.5) is 11.4 Å². The predicted molar refractivity (Wildman–Crippen MR) is 87.8 cm³/mol. The first kappa shape index (κ1) is 14.4. The van der Waals surface area contributed by atoms with Gasteiger partial charge in [0.1, 0.15) is 0 Å². The zero-order valence-electron chi connectivity index (χ0n) is 11.6. The lowest BCUT2D eigenvalue weighted by molar-refractivity contribution is -0.136. The van der Waals surface area contributed by atoms with Crippen LogP contribution < -0.4 is 5.32 Å². The Morgan fingerprint density at radius 3 is 2.59 bits per heavy atom. The molecule has 0 amide bonds. The van der Waals surface area contributed by atoms with E-state index in [4.69, 9.17) is 16.7 Å². The van der Waals surface area contributed by atoms with Crippen molar-refractivity contribution in [2.75, 3.05) is 5.32 Å². The largest absolute Gasteiger partial charge is 0.481 e. The van der Waals surface area contributed by atoms with Crippen molar-refractivity contribution < 1.29 is 9.90 Å². The Labute approximate surface area is 132 Å². The molecule has 0 spiro atoms. The Bertz CT molecular complexity index is 832. The average Bonchev–Trinajstić information content (AvgIpc) is 2.49. The van der Waals surface area contributed by atoms with Gasteiger partial charge in [-0.15, -0.1) is 0 Å². The monoisotopic (exact) mass is 312 g/mol. The lowest BCUT2D eigenvalue weighted by atomic mass is 10.1. The molecule has 0 fully saturated rings. The molecule has 1 aromatic heterocycles. The van der Waals surface area contributed by atoms with Gasteiger partial charge in [0.2, 0.25) is 0 Å². The Balaban J connectivity index is 2.05. The second-order valence-corrected chi connectivity index (χ2v) is 5.32. The molecule has 0 bridgehead atoms. The van der Waals surface area contributed by atoms with E-state index >= 15 is 0 Å². The van der Waals surface area contributed by atoms with Crippen molar-refractivity contribution in [2.45, 2.75) is 6.42 Å². The number of rotatable bonds is 4. The van der Waals surface area contributed by atoms with E-state index in [-0.39, 0.29) is 6.42 Å². The quantitative estimate of drug-likeness (QED) is 0.755. The van der Waals surface area contributed by atoms with Crippen LogP contribution in [-0.2, 0) is 11.2 Å². The van der Waals surface area contributed by atoms with Crippen molar-refractivity contribution in [3.63, 3.8) is 0 Å². The first-order chi connectivity index (χ1) is 10.6. The molecule has 4 nitrogen and oxygen atoms in total. The van der Waals surface area contributed by atoms with E-state index in [9.17, 15) is 4.79 Å². The molecule has 5 heteroatoms. The molecular formula is C17H13ClN2O2. The van der Waals surface area contributed by atoms with Gasteiger partial charge < -0.3 is 10.4 Å². The van der Waals surface area contributed by atoms with Crippen LogP contribution in [0.3, 0.4) is 0 Å². The van der Waals surface area contributed by atoms with Gasteiger partial charge in [-0.2, -0.15) is 0 Å². The van der Waals surface area contributed by atoms with Crippen molar-refractivity contribution in [2.24, 2.45) is 0 Å². The van der Waals surface area contributed by atoms with Crippen LogP contribution in [0.25, 0.3) is 10.9 Å². The third-order valence-electron chi connectivity index (χ3n) is 3.22. The van der Waals surface area contributed by atoms with Crippen molar-refractivity contribution in [1.29, 1.82) is 0 Å². The highest BCUT2D eigenvalue weighted by atomic mass is 35.5. The minimum Gasteiger partial charge on any atom is -0.481 e. The van der Waals surface area contributed by atoms with Gasteiger partial charge in [-0.3, -0.25) is 9.78 Å². The van der Waals surface area contributed by atoms with Gasteiger partial charge in [0.05, 0.1) is 17.6 Å². The number of pyridine rings is 1. The van der Waals surface area contributed by atoms with Crippen LogP contribution in [0, 0.1) is 0 Å². The predicted octanol–water partition coefficient (Wildman–Crippen LogP) is 4.26. The highest BCUT2D eigenvalue weighted by Gasteiger charge is 2.09. The molecule has 0 unspecified atom stereocenters. The number of anilines is 2. The topological polar surface area (TPSA) is 62.2 Å². The molecule has 0 atom stereocenters. The maximum Gasteiger partial charge on any atom is 0.309 e. The number of carboxylic acids is 1. The molecule has 0 radical (unpaired) electrons. The summed E-state index contributed by atoms with van der Waals surface area (Å²) >= 11 is 5.89. The number of hydrogen-bond acceptors (Lipinski definition) is 3.